The standard InChI is InChI=1S/C12H11F3N2O3/c1-20-11(19)10(6-18)17-8-2-3-9(12(13,14)15)7(4-8)5-16/h2-4,10,17-18H,6H2,1H3. The Morgan fingerprint density at radius 1 is 1.55 bits per heavy atom. The highest BCUT2D eigenvalue weighted by molar-refractivity contribution is 5.79. The zero-order chi connectivity index (χ0) is 15.3. The topological polar surface area (TPSA) is 82.3 Å². The lowest BCUT2D eigenvalue weighted by Crippen LogP contribution is -2.34. The second-order valence-corrected chi connectivity index (χ2v) is 3.77. The second-order valence-electron chi connectivity index (χ2n) is 3.77. The summed E-state index contributed by atoms with van der Waals surface area (Å²) >= 11 is 0. The maximum absolute atomic E-state index is 12.6. The SMILES string of the molecule is COC(=O)C(CO)Nc1ccc(C(F)(F)F)c(C#N)c1. The number of hydrogen-bond acceptors (Lipinski definition) is 5. The molecule has 20 heavy (non-hydrogen) atoms. The molecule has 0 spiro atoms. The lowest BCUT2D eigenvalue weighted by Gasteiger charge is -2.16. The zero-order valence-electron chi connectivity index (χ0n) is 10.4. The molecule has 108 valence electrons. The van der Waals surface area contributed by atoms with E-state index < -0.39 is 35.9 Å². The fourth-order valence-corrected chi connectivity index (χ4v) is 1.50. The maximum atomic E-state index is 12.6. The molecule has 0 saturated carbocycles. The number of aliphatic hydroxyl groups excluding tert-OH is 1. The van der Waals surface area contributed by atoms with Crippen molar-refractivity contribution in [1.29, 1.82) is 5.26 Å². The highest BCUT2D eigenvalue weighted by Gasteiger charge is 2.33. The van der Waals surface area contributed by atoms with Gasteiger partial charge in [-0.3, -0.25) is 0 Å². The number of carbonyl (C=O) groups excluding carboxylic acids is 1. The molecule has 8 heteroatoms. The third-order valence-electron chi connectivity index (χ3n) is 2.45. The number of halogens is 3. The Bertz CT molecular complexity index is 538. The van der Waals surface area contributed by atoms with Crippen molar-refractivity contribution in [3.8, 4) is 6.07 Å². The predicted octanol–water partition coefficient (Wildman–Crippen LogP) is 1.52. The van der Waals surface area contributed by atoms with Gasteiger partial charge in [-0.15, -0.1) is 0 Å². The summed E-state index contributed by atoms with van der Waals surface area (Å²) in [6.07, 6.45) is -4.64. The summed E-state index contributed by atoms with van der Waals surface area (Å²) in [7, 11) is 1.11. The molecule has 0 radical (unpaired) electrons. The van der Waals surface area contributed by atoms with Crippen LogP contribution in [0.4, 0.5) is 18.9 Å². The Morgan fingerprint density at radius 3 is 2.65 bits per heavy atom. The Kier molecular flexibility index (Phi) is 4.94. The summed E-state index contributed by atoms with van der Waals surface area (Å²) in [6, 6.07) is 3.06. The minimum absolute atomic E-state index is 0.0963. The monoisotopic (exact) mass is 288 g/mol. The van der Waals surface area contributed by atoms with Crippen molar-refractivity contribution in [1.82, 2.24) is 0 Å². The van der Waals surface area contributed by atoms with Gasteiger partial charge in [0.05, 0.1) is 30.9 Å². The number of rotatable bonds is 4. The fraction of sp³-hybridized carbons (Fsp3) is 0.333. The van der Waals surface area contributed by atoms with Crippen molar-refractivity contribution in [3.05, 3.63) is 29.3 Å². The van der Waals surface area contributed by atoms with Crippen LogP contribution in [0.15, 0.2) is 18.2 Å². The average molecular weight is 288 g/mol. The second kappa shape index (κ2) is 6.25. The summed E-state index contributed by atoms with van der Waals surface area (Å²) < 4.78 is 42.2. The van der Waals surface area contributed by atoms with Gasteiger partial charge in [0.2, 0.25) is 0 Å². The highest BCUT2D eigenvalue weighted by atomic mass is 19.4. The van der Waals surface area contributed by atoms with Gasteiger partial charge in [0.25, 0.3) is 0 Å². The molecular formula is C12H11F3N2O3. The Hall–Kier alpha value is -2.27. The normalized spacial score (nSPS) is 12.4. The van der Waals surface area contributed by atoms with Crippen LogP contribution in [-0.4, -0.2) is 30.8 Å². The number of nitrogens with zero attached hydrogens (tertiary/aromatic N) is 1. The lowest BCUT2D eigenvalue weighted by molar-refractivity contribution is -0.142. The van der Waals surface area contributed by atoms with Crippen molar-refractivity contribution in [2.75, 3.05) is 19.0 Å². The fourth-order valence-electron chi connectivity index (χ4n) is 1.50. The van der Waals surface area contributed by atoms with E-state index >= 15 is 0 Å². The van der Waals surface area contributed by atoms with E-state index in [-0.39, 0.29) is 5.69 Å². The summed E-state index contributed by atoms with van der Waals surface area (Å²) in [5, 5.41) is 20.2. The van der Waals surface area contributed by atoms with Gasteiger partial charge in [-0.05, 0) is 18.2 Å². The molecule has 1 unspecified atom stereocenters. The van der Waals surface area contributed by atoms with Gasteiger partial charge in [-0.1, -0.05) is 0 Å². The molecule has 0 saturated heterocycles. The molecule has 0 aromatic heterocycles. The van der Waals surface area contributed by atoms with Crippen LogP contribution in [0.2, 0.25) is 0 Å². The molecule has 0 heterocycles. The number of aliphatic hydroxyl groups is 1. The van der Waals surface area contributed by atoms with Crippen molar-refractivity contribution in [3.63, 3.8) is 0 Å². The van der Waals surface area contributed by atoms with Crippen LogP contribution < -0.4 is 5.32 Å². The summed E-state index contributed by atoms with van der Waals surface area (Å²) in [6.45, 7) is -0.602. The van der Waals surface area contributed by atoms with Crippen LogP contribution in [-0.2, 0) is 15.7 Å². The number of hydrogen-bond donors (Lipinski definition) is 2. The Balaban J connectivity index is 3.05. The van der Waals surface area contributed by atoms with E-state index in [1.165, 1.54) is 6.07 Å². The van der Waals surface area contributed by atoms with Gasteiger partial charge in [0.15, 0.2) is 0 Å². The number of carbonyl (C=O) groups is 1. The van der Waals surface area contributed by atoms with Gasteiger partial charge in [-0.25, -0.2) is 4.79 Å². The Morgan fingerprint density at radius 2 is 2.20 bits per heavy atom. The first-order chi connectivity index (χ1) is 9.33. The molecule has 0 aliphatic heterocycles. The van der Waals surface area contributed by atoms with Gasteiger partial charge in [0.1, 0.15) is 6.04 Å². The van der Waals surface area contributed by atoms with E-state index in [4.69, 9.17) is 10.4 Å². The molecule has 1 atom stereocenters. The molecule has 0 bridgehead atoms. The van der Waals surface area contributed by atoms with Crippen LogP contribution in [0.3, 0.4) is 0 Å². The lowest BCUT2D eigenvalue weighted by atomic mass is 10.1. The van der Waals surface area contributed by atoms with Crippen molar-refractivity contribution < 1.29 is 27.8 Å². The van der Waals surface area contributed by atoms with Gasteiger partial charge in [-0.2, -0.15) is 18.4 Å². The van der Waals surface area contributed by atoms with E-state index in [0.29, 0.717) is 0 Å². The quantitative estimate of drug-likeness (QED) is 0.821. The van der Waals surface area contributed by atoms with E-state index in [2.05, 4.69) is 10.1 Å². The molecule has 0 aliphatic carbocycles. The predicted molar refractivity (Wildman–Crippen MR) is 62.7 cm³/mol. The van der Waals surface area contributed by atoms with Crippen molar-refractivity contribution in [2.24, 2.45) is 0 Å². The van der Waals surface area contributed by atoms with Crippen LogP contribution in [0.25, 0.3) is 0 Å². The van der Waals surface area contributed by atoms with Crippen LogP contribution >= 0.6 is 0 Å². The minimum atomic E-state index is -4.64. The smallest absolute Gasteiger partial charge is 0.417 e. The molecule has 0 aliphatic rings. The number of anilines is 1. The molecule has 0 fully saturated rings. The van der Waals surface area contributed by atoms with E-state index in [1.54, 1.807) is 0 Å². The molecule has 5 nitrogen and oxygen atoms in total. The van der Waals surface area contributed by atoms with Crippen LogP contribution in [0.5, 0.6) is 0 Å². The molecule has 2 N–H and O–H groups in total. The van der Waals surface area contributed by atoms with Gasteiger partial charge < -0.3 is 15.2 Å². The summed E-state index contributed by atoms with van der Waals surface area (Å²) in [5.41, 5.74) is -1.55. The highest BCUT2D eigenvalue weighted by Crippen LogP contribution is 2.33. The number of nitriles is 1. The third-order valence-corrected chi connectivity index (χ3v) is 2.45. The number of methoxy groups -OCH3 is 1. The number of nitrogens with one attached hydrogen (secondary N) is 1. The molecule has 0 amide bonds. The number of ether oxygens (including phenoxy) is 1. The first-order valence-electron chi connectivity index (χ1n) is 5.40. The number of benzene rings is 1. The number of alkyl halides is 3. The van der Waals surface area contributed by atoms with Crippen LogP contribution in [0.1, 0.15) is 11.1 Å². The van der Waals surface area contributed by atoms with Crippen molar-refractivity contribution in [2.45, 2.75) is 12.2 Å². The summed E-state index contributed by atoms with van der Waals surface area (Å²) in [5.74, 6) is -0.772. The largest absolute Gasteiger partial charge is 0.467 e. The Labute approximate surface area is 112 Å². The minimum Gasteiger partial charge on any atom is -0.467 e. The summed E-state index contributed by atoms with van der Waals surface area (Å²) in [4.78, 5) is 11.2. The molecular weight excluding hydrogens is 277 g/mol. The van der Waals surface area contributed by atoms with E-state index in [1.807, 2.05) is 0 Å². The van der Waals surface area contributed by atoms with Gasteiger partial charge >= 0.3 is 12.1 Å². The first-order valence-corrected chi connectivity index (χ1v) is 5.40. The van der Waals surface area contributed by atoms with Crippen molar-refractivity contribution >= 4 is 11.7 Å². The molecule has 1 aromatic carbocycles. The third kappa shape index (κ3) is 3.61. The zero-order valence-corrected chi connectivity index (χ0v) is 10.4. The maximum Gasteiger partial charge on any atom is 0.417 e. The molecule has 1 aromatic rings. The first kappa shape index (κ1) is 15.8. The van der Waals surface area contributed by atoms with E-state index in [0.717, 1.165) is 25.3 Å². The van der Waals surface area contributed by atoms with E-state index in [9.17, 15) is 18.0 Å². The van der Waals surface area contributed by atoms with Crippen LogP contribution in [0, 0.1) is 11.3 Å². The van der Waals surface area contributed by atoms with Gasteiger partial charge in [0, 0.05) is 5.69 Å². The molecule has 1 rings (SSSR count). The average Bonchev–Trinajstić information content (AvgIpc) is 2.42. The number of esters is 1.